The number of hydrogen-bond donors (Lipinski definition) is 1. The van der Waals surface area contributed by atoms with Crippen molar-refractivity contribution in [3.63, 3.8) is 0 Å². The standard InChI is InChI=1S/C14H16ClNO/c1-10(2)16-9-14-13(7-8-17-14)11-3-5-12(15)6-4-11/h3-8,10,16H,9H2,1-2H3. The molecule has 0 amide bonds. The Kier molecular flexibility index (Phi) is 3.87. The predicted octanol–water partition coefficient (Wildman–Crippen LogP) is 4.10. The van der Waals surface area contributed by atoms with Crippen LogP contribution in [0.25, 0.3) is 11.1 Å². The van der Waals surface area contributed by atoms with Gasteiger partial charge in [-0.1, -0.05) is 37.6 Å². The van der Waals surface area contributed by atoms with Gasteiger partial charge < -0.3 is 9.73 Å². The smallest absolute Gasteiger partial charge is 0.125 e. The quantitative estimate of drug-likeness (QED) is 0.883. The molecule has 0 atom stereocenters. The Morgan fingerprint density at radius 3 is 2.53 bits per heavy atom. The second-order valence-electron chi connectivity index (χ2n) is 4.30. The Morgan fingerprint density at radius 2 is 1.88 bits per heavy atom. The molecule has 2 aromatic rings. The van der Waals surface area contributed by atoms with Crippen LogP contribution in [0.1, 0.15) is 19.6 Å². The molecule has 0 bridgehead atoms. The summed E-state index contributed by atoms with van der Waals surface area (Å²) in [6.45, 7) is 4.97. The maximum absolute atomic E-state index is 5.88. The SMILES string of the molecule is CC(C)NCc1occc1-c1ccc(Cl)cc1. The Balaban J connectivity index is 2.21. The lowest BCUT2D eigenvalue weighted by Crippen LogP contribution is -2.21. The minimum absolute atomic E-state index is 0.443. The lowest BCUT2D eigenvalue weighted by molar-refractivity contribution is 0.466. The third-order valence-corrected chi connectivity index (χ3v) is 2.82. The lowest BCUT2D eigenvalue weighted by atomic mass is 10.1. The van der Waals surface area contributed by atoms with Crippen LogP contribution in [0.4, 0.5) is 0 Å². The molecule has 17 heavy (non-hydrogen) atoms. The molecule has 1 heterocycles. The van der Waals surface area contributed by atoms with E-state index in [1.165, 1.54) is 0 Å². The Labute approximate surface area is 107 Å². The molecule has 0 spiro atoms. The summed E-state index contributed by atoms with van der Waals surface area (Å²) in [6, 6.07) is 10.2. The maximum Gasteiger partial charge on any atom is 0.125 e. The fraction of sp³-hybridized carbons (Fsp3) is 0.286. The molecule has 0 aliphatic heterocycles. The highest BCUT2D eigenvalue weighted by Gasteiger charge is 2.08. The third kappa shape index (κ3) is 3.11. The average Bonchev–Trinajstić information content (AvgIpc) is 2.75. The molecule has 0 unspecified atom stereocenters. The van der Waals surface area contributed by atoms with Crippen molar-refractivity contribution in [2.24, 2.45) is 0 Å². The maximum atomic E-state index is 5.88. The molecule has 0 aliphatic carbocycles. The van der Waals surface area contributed by atoms with Crippen molar-refractivity contribution in [1.82, 2.24) is 5.32 Å². The monoisotopic (exact) mass is 249 g/mol. The van der Waals surface area contributed by atoms with E-state index in [9.17, 15) is 0 Å². The molecule has 0 saturated heterocycles. The number of halogens is 1. The van der Waals surface area contributed by atoms with Crippen LogP contribution in [-0.4, -0.2) is 6.04 Å². The van der Waals surface area contributed by atoms with Gasteiger partial charge in [-0.25, -0.2) is 0 Å². The van der Waals surface area contributed by atoms with E-state index in [-0.39, 0.29) is 0 Å². The zero-order chi connectivity index (χ0) is 12.3. The highest BCUT2D eigenvalue weighted by Crippen LogP contribution is 2.26. The molecule has 1 aromatic heterocycles. The average molecular weight is 250 g/mol. The van der Waals surface area contributed by atoms with Crippen molar-refractivity contribution in [3.8, 4) is 11.1 Å². The van der Waals surface area contributed by atoms with Gasteiger partial charge in [0.25, 0.3) is 0 Å². The second-order valence-corrected chi connectivity index (χ2v) is 4.74. The molecule has 1 aromatic carbocycles. The van der Waals surface area contributed by atoms with E-state index < -0.39 is 0 Å². The second kappa shape index (κ2) is 5.39. The number of hydrogen-bond acceptors (Lipinski definition) is 2. The van der Waals surface area contributed by atoms with Gasteiger partial charge in [-0.3, -0.25) is 0 Å². The zero-order valence-corrected chi connectivity index (χ0v) is 10.8. The molecule has 1 N–H and O–H groups in total. The van der Waals surface area contributed by atoms with Gasteiger partial charge in [0.05, 0.1) is 12.8 Å². The van der Waals surface area contributed by atoms with Crippen LogP contribution in [0.3, 0.4) is 0 Å². The summed E-state index contributed by atoms with van der Waals surface area (Å²) in [4.78, 5) is 0. The summed E-state index contributed by atoms with van der Waals surface area (Å²) >= 11 is 5.88. The van der Waals surface area contributed by atoms with Crippen molar-refractivity contribution in [3.05, 3.63) is 47.4 Å². The van der Waals surface area contributed by atoms with Crippen molar-refractivity contribution in [2.45, 2.75) is 26.4 Å². The fourth-order valence-corrected chi connectivity index (χ4v) is 1.79. The van der Waals surface area contributed by atoms with Gasteiger partial charge in [-0.15, -0.1) is 0 Å². The van der Waals surface area contributed by atoms with Crippen molar-refractivity contribution in [1.29, 1.82) is 0 Å². The number of nitrogens with one attached hydrogen (secondary N) is 1. The molecular weight excluding hydrogens is 234 g/mol. The van der Waals surface area contributed by atoms with E-state index >= 15 is 0 Å². The van der Waals surface area contributed by atoms with E-state index in [1.54, 1.807) is 6.26 Å². The Morgan fingerprint density at radius 1 is 1.18 bits per heavy atom. The molecule has 2 rings (SSSR count). The van der Waals surface area contributed by atoms with Gasteiger partial charge in [-0.05, 0) is 23.8 Å². The molecule has 90 valence electrons. The van der Waals surface area contributed by atoms with Gasteiger partial charge in [0.2, 0.25) is 0 Å². The van der Waals surface area contributed by atoms with Gasteiger partial charge in [-0.2, -0.15) is 0 Å². The van der Waals surface area contributed by atoms with Crippen LogP contribution >= 0.6 is 11.6 Å². The molecule has 2 nitrogen and oxygen atoms in total. The van der Waals surface area contributed by atoms with Gasteiger partial charge in [0.15, 0.2) is 0 Å². The van der Waals surface area contributed by atoms with Gasteiger partial charge in [0, 0.05) is 16.6 Å². The summed E-state index contributed by atoms with van der Waals surface area (Å²) in [5, 5.41) is 4.10. The normalized spacial score (nSPS) is 11.1. The topological polar surface area (TPSA) is 25.2 Å². The fourth-order valence-electron chi connectivity index (χ4n) is 1.66. The van der Waals surface area contributed by atoms with Crippen LogP contribution in [-0.2, 0) is 6.54 Å². The molecule has 0 aliphatic rings. The van der Waals surface area contributed by atoms with Crippen LogP contribution < -0.4 is 5.32 Å². The molecular formula is C14H16ClNO. The van der Waals surface area contributed by atoms with Crippen molar-refractivity contribution in [2.75, 3.05) is 0 Å². The minimum Gasteiger partial charge on any atom is -0.467 e. The first-order chi connectivity index (χ1) is 8.16. The van der Waals surface area contributed by atoms with E-state index in [4.69, 9.17) is 16.0 Å². The number of furan rings is 1. The summed E-state index contributed by atoms with van der Waals surface area (Å²) < 4.78 is 5.50. The largest absolute Gasteiger partial charge is 0.467 e. The highest BCUT2D eigenvalue weighted by molar-refractivity contribution is 6.30. The molecule has 0 saturated carbocycles. The summed E-state index contributed by atoms with van der Waals surface area (Å²) in [6.07, 6.45) is 1.72. The summed E-state index contributed by atoms with van der Waals surface area (Å²) in [7, 11) is 0. The van der Waals surface area contributed by atoms with Gasteiger partial charge >= 0.3 is 0 Å². The lowest BCUT2D eigenvalue weighted by Gasteiger charge is -2.08. The first kappa shape index (κ1) is 12.2. The van der Waals surface area contributed by atoms with Crippen molar-refractivity contribution >= 4 is 11.6 Å². The predicted molar refractivity (Wildman–Crippen MR) is 71.1 cm³/mol. The number of rotatable bonds is 4. The zero-order valence-electron chi connectivity index (χ0n) is 10.0. The minimum atomic E-state index is 0.443. The van der Waals surface area contributed by atoms with Crippen LogP contribution in [0, 0.1) is 0 Å². The molecule has 3 heteroatoms. The molecule has 0 fully saturated rings. The Hall–Kier alpha value is -1.25. The first-order valence-electron chi connectivity index (χ1n) is 5.72. The van der Waals surface area contributed by atoms with Crippen LogP contribution in [0.5, 0.6) is 0 Å². The number of benzene rings is 1. The first-order valence-corrected chi connectivity index (χ1v) is 6.10. The van der Waals surface area contributed by atoms with Gasteiger partial charge in [0.1, 0.15) is 5.76 Å². The van der Waals surface area contributed by atoms with E-state index in [0.29, 0.717) is 6.04 Å². The Bertz CT molecular complexity index is 473. The van der Waals surface area contributed by atoms with E-state index in [1.807, 2.05) is 30.3 Å². The molecule has 0 radical (unpaired) electrons. The van der Waals surface area contributed by atoms with Crippen molar-refractivity contribution < 1.29 is 4.42 Å². The van der Waals surface area contributed by atoms with E-state index in [2.05, 4.69) is 19.2 Å². The summed E-state index contributed by atoms with van der Waals surface area (Å²) in [5.41, 5.74) is 2.25. The highest BCUT2D eigenvalue weighted by atomic mass is 35.5. The third-order valence-electron chi connectivity index (χ3n) is 2.57. The van der Waals surface area contributed by atoms with E-state index in [0.717, 1.165) is 28.5 Å². The van der Waals surface area contributed by atoms with Crippen LogP contribution in [0.2, 0.25) is 5.02 Å². The summed E-state index contributed by atoms with van der Waals surface area (Å²) in [5.74, 6) is 0.959. The van der Waals surface area contributed by atoms with Crippen LogP contribution in [0.15, 0.2) is 41.0 Å².